The van der Waals surface area contributed by atoms with Crippen LogP contribution < -0.4 is 0 Å². The largest absolute Gasteiger partial charge is 0.464 e. The monoisotopic (exact) mass is 381 g/mol. The van der Waals surface area contributed by atoms with Crippen LogP contribution in [0, 0.1) is 0 Å². The minimum atomic E-state index is -1.85. The molecule has 0 aromatic rings. The number of esters is 1. The van der Waals surface area contributed by atoms with Crippen LogP contribution >= 0.6 is 0 Å². The minimum absolute atomic E-state index is 0.186. The molecule has 0 aromatic heterocycles. The van der Waals surface area contributed by atoms with E-state index in [-0.39, 0.29) is 40.1 Å². The van der Waals surface area contributed by atoms with Crippen molar-refractivity contribution in [3.63, 3.8) is 0 Å². The van der Waals surface area contributed by atoms with Gasteiger partial charge in [-0.1, -0.05) is 0 Å². The van der Waals surface area contributed by atoms with E-state index in [1.165, 1.54) is 6.92 Å². The first kappa shape index (κ1) is 16.3. The van der Waals surface area contributed by atoms with Crippen LogP contribution in [0.3, 0.4) is 0 Å². The van der Waals surface area contributed by atoms with Gasteiger partial charge in [0, 0.05) is 6.92 Å². The molecule has 5 fully saturated rings. The van der Waals surface area contributed by atoms with Gasteiger partial charge in [0.25, 0.3) is 23.1 Å². The Morgan fingerprint density at radius 3 is 1.67 bits per heavy atom. The molecule has 0 atom stereocenters. The predicted molar refractivity (Wildman–Crippen MR) is 78.6 cm³/mol. The van der Waals surface area contributed by atoms with Gasteiger partial charge in [-0.3, -0.25) is 38.9 Å². The number of carbonyl (C=O) groups is 5. The van der Waals surface area contributed by atoms with Crippen LogP contribution in [-0.2, 0) is 28.6 Å². The summed E-state index contributed by atoms with van der Waals surface area (Å²) in [6, 6.07) is -1.25. The molecule has 13 nitrogen and oxygen atoms in total. The van der Waals surface area contributed by atoms with Crippen molar-refractivity contribution in [3.8, 4) is 0 Å². The second-order valence-electron chi connectivity index (χ2n) is 6.65. The SMILES string of the molecule is CC(=O)OCCN1C(=O)C23N4COCN2C(=O)N2COCN(C4=O)C23C1=O. The van der Waals surface area contributed by atoms with E-state index < -0.39 is 41.2 Å². The minimum Gasteiger partial charge on any atom is -0.464 e. The fourth-order valence-corrected chi connectivity index (χ4v) is 4.64. The van der Waals surface area contributed by atoms with Gasteiger partial charge >= 0.3 is 18.0 Å². The first-order valence-corrected chi connectivity index (χ1v) is 8.24. The number of amides is 6. The van der Waals surface area contributed by atoms with E-state index >= 15 is 0 Å². The number of ether oxygens (including phenoxy) is 3. The van der Waals surface area contributed by atoms with Gasteiger partial charge in [0.05, 0.1) is 6.54 Å². The zero-order valence-corrected chi connectivity index (χ0v) is 14.2. The first-order valence-electron chi connectivity index (χ1n) is 8.24. The zero-order chi connectivity index (χ0) is 19.1. The van der Waals surface area contributed by atoms with E-state index in [0.29, 0.717) is 0 Å². The maximum atomic E-state index is 13.4. The molecule has 27 heavy (non-hydrogen) atoms. The normalized spacial score (nSPS) is 33.9. The molecule has 5 heterocycles. The standard InChI is InChI=1S/C14H15N5O8/c1-8(20)27-3-2-15-9(21)13-14(10(15)22)18-6-26-7-19(14)12(24)17(13)5-25-4-16(13)11(18)23/h2-7H2,1H3. The van der Waals surface area contributed by atoms with Crippen LogP contribution in [0.2, 0.25) is 0 Å². The third-order valence-electron chi connectivity index (χ3n) is 5.56. The van der Waals surface area contributed by atoms with Crippen LogP contribution in [0.1, 0.15) is 6.92 Å². The molecule has 13 heteroatoms. The maximum Gasteiger partial charge on any atom is 0.328 e. The van der Waals surface area contributed by atoms with Crippen LogP contribution in [0.15, 0.2) is 0 Å². The van der Waals surface area contributed by atoms with Crippen molar-refractivity contribution in [2.45, 2.75) is 18.2 Å². The molecule has 5 aliphatic rings. The Bertz CT molecular complexity index is 729. The molecule has 6 amide bonds. The summed E-state index contributed by atoms with van der Waals surface area (Å²) < 4.78 is 15.5. The number of hydrogen-bond acceptors (Lipinski definition) is 8. The molecular formula is C14H15N5O8. The van der Waals surface area contributed by atoms with Crippen molar-refractivity contribution >= 4 is 29.8 Å². The lowest BCUT2D eigenvalue weighted by Crippen LogP contribution is -2.73. The molecule has 0 aliphatic carbocycles. The van der Waals surface area contributed by atoms with Gasteiger partial charge in [0.1, 0.15) is 33.5 Å². The van der Waals surface area contributed by atoms with Crippen LogP contribution in [0.5, 0.6) is 0 Å². The third kappa shape index (κ3) is 1.45. The van der Waals surface area contributed by atoms with Crippen LogP contribution in [0.25, 0.3) is 0 Å². The lowest BCUT2D eigenvalue weighted by atomic mass is 9.94. The van der Waals surface area contributed by atoms with E-state index in [2.05, 4.69) is 0 Å². The Kier molecular flexibility index (Phi) is 2.93. The molecule has 0 bridgehead atoms. The molecular weight excluding hydrogens is 366 g/mol. The van der Waals surface area contributed by atoms with Crippen molar-refractivity contribution in [2.75, 3.05) is 40.1 Å². The maximum absolute atomic E-state index is 13.4. The Balaban J connectivity index is 1.66. The molecule has 5 saturated heterocycles. The molecule has 0 saturated carbocycles. The third-order valence-corrected chi connectivity index (χ3v) is 5.56. The van der Waals surface area contributed by atoms with Gasteiger partial charge in [-0.15, -0.1) is 0 Å². The second-order valence-corrected chi connectivity index (χ2v) is 6.65. The summed E-state index contributed by atoms with van der Waals surface area (Å²) in [6.45, 7) is -0.139. The average Bonchev–Trinajstić information content (AvgIpc) is 3.11. The highest BCUT2D eigenvalue weighted by Gasteiger charge is 2.91. The number of nitrogens with zero attached hydrogens (tertiary/aromatic N) is 5. The summed E-state index contributed by atoms with van der Waals surface area (Å²) in [5.41, 5.74) is -3.70. The average molecular weight is 381 g/mol. The Hall–Kier alpha value is -2.93. The van der Waals surface area contributed by atoms with Crippen molar-refractivity contribution < 1.29 is 38.2 Å². The summed E-state index contributed by atoms with van der Waals surface area (Å²) in [5, 5.41) is 0. The number of imide groups is 1. The van der Waals surface area contributed by atoms with Crippen molar-refractivity contribution in [1.82, 2.24) is 24.5 Å². The quantitative estimate of drug-likeness (QED) is 0.393. The summed E-state index contributed by atoms with van der Waals surface area (Å²) in [5.74, 6) is -2.00. The predicted octanol–water partition coefficient (Wildman–Crippen LogP) is -2.32. The molecule has 0 unspecified atom stereocenters. The smallest absolute Gasteiger partial charge is 0.328 e. The molecule has 0 radical (unpaired) electrons. The summed E-state index contributed by atoms with van der Waals surface area (Å²) in [4.78, 5) is 68.9. The molecule has 5 rings (SSSR count). The fraction of sp³-hybridized carbons (Fsp3) is 0.643. The van der Waals surface area contributed by atoms with Crippen molar-refractivity contribution in [2.24, 2.45) is 0 Å². The van der Waals surface area contributed by atoms with Crippen molar-refractivity contribution in [3.05, 3.63) is 0 Å². The van der Waals surface area contributed by atoms with Gasteiger partial charge in [0.2, 0.25) is 0 Å². The van der Waals surface area contributed by atoms with Gasteiger partial charge in [-0.05, 0) is 0 Å². The van der Waals surface area contributed by atoms with E-state index in [9.17, 15) is 24.0 Å². The van der Waals surface area contributed by atoms with E-state index in [1.54, 1.807) is 0 Å². The number of likely N-dealkylation sites (tertiary alicyclic amines) is 1. The fourth-order valence-electron chi connectivity index (χ4n) is 4.64. The Morgan fingerprint density at radius 2 is 1.30 bits per heavy atom. The highest BCUT2D eigenvalue weighted by molar-refractivity contribution is 6.22. The Morgan fingerprint density at radius 1 is 0.889 bits per heavy atom. The highest BCUT2D eigenvalue weighted by atomic mass is 16.5. The van der Waals surface area contributed by atoms with Gasteiger partial charge in [0.15, 0.2) is 0 Å². The second kappa shape index (κ2) is 4.86. The lowest BCUT2D eigenvalue weighted by Gasteiger charge is -2.43. The zero-order valence-electron chi connectivity index (χ0n) is 14.2. The van der Waals surface area contributed by atoms with Crippen LogP contribution in [-0.4, -0.2) is 106 Å². The molecule has 0 aromatic carbocycles. The molecule has 5 aliphatic heterocycles. The Labute approximate surface area is 151 Å². The number of rotatable bonds is 3. The van der Waals surface area contributed by atoms with Crippen molar-refractivity contribution in [1.29, 1.82) is 0 Å². The number of urea groups is 2. The van der Waals surface area contributed by atoms with Gasteiger partial charge < -0.3 is 14.2 Å². The van der Waals surface area contributed by atoms with Crippen LogP contribution in [0.4, 0.5) is 9.59 Å². The first-order chi connectivity index (χ1) is 12.9. The van der Waals surface area contributed by atoms with E-state index in [4.69, 9.17) is 14.2 Å². The molecule has 144 valence electrons. The summed E-state index contributed by atoms with van der Waals surface area (Å²) in [6.07, 6.45) is 0. The van der Waals surface area contributed by atoms with Gasteiger partial charge in [-0.25, -0.2) is 9.59 Å². The van der Waals surface area contributed by atoms with Gasteiger partial charge in [-0.2, -0.15) is 0 Å². The highest BCUT2D eigenvalue weighted by Crippen LogP contribution is 2.58. The summed E-state index contributed by atoms with van der Waals surface area (Å²) >= 11 is 0. The van der Waals surface area contributed by atoms with E-state index in [1.807, 2.05) is 0 Å². The number of hydrogen-bond donors (Lipinski definition) is 0. The lowest BCUT2D eigenvalue weighted by molar-refractivity contribution is -0.190. The topological polar surface area (TPSA) is 129 Å². The molecule has 0 N–H and O–H groups in total. The van der Waals surface area contributed by atoms with E-state index in [0.717, 1.165) is 24.5 Å². The summed E-state index contributed by atoms with van der Waals surface area (Å²) in [7, 11) is 0. The molecule has 2 spiro atoms. The number of carbonyl (C=O) groups excluding carboxylic acids is 5.